The third-order valence-electron chi connectivity index (χ3n) is 2.46. The van der Waals surface area contributed by atoms with Gasteiger partial charge in [0.05, 0.1) is 11.5 Å². The molecule has 2 aromatic rings. The molecule has 0 aliphatic carbocycles. The van der Waals surface area contributed by atoms with E-state index >= 15 is 0 Å². The second-order valence-electron chi connectivity index (χ2n) is 3.95. The van der Waals surface area contributed by atoms with Crippen LogP contribution in [-0.2, 0) is 11.3 Å². The highest BCUT2D eigenvalue weighted by atomic mass is 32.2. The van der Waals surface area contributed by atoms with Crippen LogP contribution in [0, 0.1) is 11.6 Å². The summed E-state index contributed by atoms with van der Waals surface area (Å²) in [5.41, 5.74) is 0.540. The summed E-state index contributed by atoms with van der Waals surface area (Å²) in [6.07, 6.45) is 1.28. The maximum atomic E-state index is 13.9. The fourth-order valence-electron chi connectivity index (χ4n) is 1.56. The molecule has 0 amide bonds. The minimum absolute atomic E-state index is 0.0950. The smallest absolute Gasteiger partial charge is 0.188 e. The Bertz CT molecular complexity index is 527. The van der Waals surface area contributed by atoms with Crippen molar-refractivity contribution < 1.29 is 13.5 Å². The normalized spacial score (nSPS) is 10.9. The van der Waals surface area contributed by atoms with E-state index in [0.29, 0.717) is 30.4 Å². The first-order valence-electron chi connectivity index (χ1n) is 5.91. The van der Waals surface area contributed by atoms with Gasteiger partial charge in [-0.15, -0.1) is 0 Å². The average molecular weight is 300 g/mol. The van der Waals surface area contributed by atoms with Gasteiger partial charge in [0.25, 0.3) is 0 Å². The molecule has 0 aliphatic rings. The summed E-state index contributed by atoms with van der Waals surface area (Å²) in [4.78, 5) is 3.73. The summed E-state index contributed by atoms with van der Waals surface area (Å²) in [5, 5.41) is 9.54. The summed E-state index contributed by atoms with van der Waals surface area (Å²) in [7, 11) is 1.59. The molecule has 0 radical (unpaired) electrons. The van der Waals surface area contributed by atoms with Gasteiger partial charge in [-0.05, 0) is 29.5 Å². The number of rotatable bonds is 7. The van der Waals surface area contributed by atoms with E-state index in [1.54, 1.807) is 7.11 Å². The number of benzene rings is 1. The van der Waals surface area contributed by atoms with Crippen LogP contribution in [0.4, 0.5) is 8.78 Å². The minimum Gasteiger partial charge on any atom is -0.383 e. The van der Waals surface area contributed by atoms with E-state index in [2.05, 4.69) is 20.5 Å². The molecular weight excluding hydrogens is 286 g/mol. The number of hydrogen-bond acceptors (Lipinski definition) is 5. The topological polar surface area (TPSA) is 62.8 Å². The molecule has 1 aromatic heterocycles. The molecule has 0 saturated carbocycles. The lowest BCUT2D eigenvalue weighted by atomic mass is 10.2. The van der Waals surface area contributed by atoms with Crippen LogP contribution in [-0.4, -0.2) is 35.4 Å². The summed E-state index contributed by atoms with van der Waals surface area (Å²) in [6, 6.07) is 2.61. The maximum absolute atomic E-state index is 13.9. The molecule has 2 rings (SSSR count). The second kappa shape index (κ2) is 7.32. The molecule has 0 fully saturated rings. The van der Waals surface area contributed by atoms with E-state index in [9.17, 15) is 8.78 Å². The van der Waals surface area contributed by atoms with Crippen molar-refractivity contribution in [3.05, 3.63) is 35.7 Å². The molecule has 1 aromatic carbocycles. The Morgan fingerprint density at radius 2 is 2.10 bits per heavy atom. The van der Waals surface area contributed by atoms with Crippen molar-refractivity contribution in [3.63, 3.8) is 0 Å². The lowest BCUT2D eigenvalue weighted by Crippen LogP contribution is -2.18. The van der Waals surface area contributed by atoms with Gasteiger partial charge < -0.3 is 10.1 Å². The van der Waals surface area contributed by atoms with Gasteiger partial charge in [-0.25, -0.2) is 13.8 Å². The highest BCUT2D eigenvalue weighted by Crippen LogP contribution is 2.30. The largest absolute Gasteiger partial charge is 0.383 e. The Labute approximate surface area is 119 Å². The first-order valence-corrected chi connectivity index (χ1v) is 6.73. The van der Waals surface area contributed by atoms with E-state index in [-0.39, 0.29) is 4.90 Å². The second-order valence-corrected chi connectivity index (χ2v) is 4.95. The Kier molecular flexibility index (Phi) is 5.45. The number of H-pyrrole nitrogens is 1. The molecule has 5 nitrogen and oxygen atoms in total. The molecule has 1 heterocycles. The summed E-state index contributed by atoms with van der Waals surface area (Å²) < 4.78 is 32.7. The van der Waals surface area contributed by atoms with Crippen molar-refractivity contribution in [2.75, 3.05) is 20.3 Å². The quantitative estimate of drug-likeness (QED) is 0.766. The van der Waals surface area contributed by atoms with Crippen molar-refractivity contribution in [3.8, 4) is 0 Å². The number of aromatic amines is 1. The van der Waals surface area contributed by atoms with Crippen LogP contribution in [0.25, 0.3) is 0 Å². The Morgan fingerprint density at radius 3 is 2.70 bits per heavy atom. The molecule has 0 unspecified atom stereocenters. The Hall–Kier alpha value is -1.51. The number of nitrogens with zero attached hydrogens (tertiary/aromatic N) is 2. The molecule has 2 N–H and O–H groups in total. The number of nitrogens with one attached hydrogen (secondary N) is 2. The first kappa shape index (κ1) is 14.9. The van der Waals surface area contributed by atoms with Crippen LogP contribution >= 0.6 is 11.8 Å². The van der Waals surface area contributed by atoms with Crippen LogP contribution in [0.15, 0.2) is 28.5 Å². The van der Waals surface area contributed by atoms with E-state index < -0.39 is 11.6 Å². The minimum atomic E-state index is -0.616. The average Bonchev–Trinajstić information content (AvgIpc) is 2.92. The van der Waals surface area contributed by atoms with E-state index in [1.165, 1.54) is 18.5 Å². The van der Waals surface area contributed by atoms with Crippen molar-refractivity contribution in [1.82, 2.24) is 20.5 Å². The zero-order chi connectivity index (χ0) is 14.4. The molecule has 0 spiro atoms. The van der Waals surface area contributed by atoms with Gasteiger partial charge in [0, 0.05) is 20.2 Å². The fourth-order valence-corrected chi connectivity index (χ4v) is 2.26. The molecular formula is C12H14F2N4OS. The standard InChI is InChI=1S/C12H14F2N4OS/c1-19-3-2-15-6-8-4-9(13)11(10(14)5-8)20-12-16-7-17-18-12/h4-5,7,15H,2-3,6H2,1H3,(H,16,17,18). The summed E-state index contributed by atoms with van der Waals surface area (Å²) in [6.45, 7) is 1.54. The van der Waals surface area contributed by atoms with E-state index in [4.69, 9.17) is 4.74 Å². The molecule has 0 bridgehead atoms. The lowest BCUT2D eigenvalue weighted by Gasteiger charge is -2.08. The fraction of sp³-hybridized carbons (Fsp3) is 0.333. The number of hydrogen-bond donors (Lipinski definition) is 2. The monoisotopic (exact) mass is 300 g/mol. The van der Waals surface area contributed by atoms with Gasteiger partial charge in [-0.2, -0.15) is 5.10 Å². The zero-order valence-electron chi connectivity index (χ0n) is 10.8. The van der Waals surface area contributed by atoms with Crippen molar-refractivity contribution in [2.45, 2.75) is 16.6 Å². The number of methoxy groups -OCH3 is 1. The number of aromatic nitrogens is 3. The maximum Gasteiger partial charge on any atom is 0.188 e. The highest BCUT2D eigenvalue weighted by molar-refractivity contribution is 7.99. The molecule has 0 atom stereocenters. The lowest BCUT2D eigenvalue weighted by molar-refractivity contribution is 0.199. The van der Waals surface area contributed by atoms with Crippen molar-refractivity contribution in [1.29, 1.82) is 0 Å². The molecule has 20 heavy (non-hydrogen) atoms. The van der Waals surface area contributed by atoms with E-state index in [1.807, 2.05) is 0 Å². The molecule has 0 aliphatic heterocycles. The van der Waals surface area contributed by atoms with E-state index in [0.717, 1.165) is 11.8 Å². The first-order chi connectivity index (χ1) is 9.70. The number of ether oxygens (including phenoxy) is 1. The van der Waals surface area contributed by atoms with Crippen LogP contribution in [0.2, 0.25) is 0 Å². The Morgan fingerprint density at radius 1 is 1.35 bits per heavy atom. The number of halogens is 2. The highest BCUT2D eigenvalue weighted by Gasteiger charge is 2.14. The van der Waals surface area contributed by atoms with Crippen LogP contribution in [0.5, 0.6) is 0 Å². The summed E-state index contributed by atoms with van der Waals surface area (Å²) in [5.74, 6) is -1.23. The van der Waals surface area contributed by atoms with Crippen molar-refractivity contribution in [2.24, 2.45) is 0 Å². The molecule has 108 valence electrons. The Balaban J connectivity index is 2.04. The summed E-state index contributed by atoms with van der Waals surface area (Å²) >= 11 is 0.869. The third-order valence-corrected chi connectivity index (χ3v) is 3.45. The van der Waals surface area contributed by atoms with Gasteiger partial charge in [0.1, 0.15) is 18.0 Å². The van der Waals surface area contributed by atoms with Crippen molar-refractivity contribution >= 4 is 11.8 Å². The predicted octanol–water partition coefficient (Wildman–Crippen LogP) is 1.97. The van der Waals surface area contributed by atoms with Gasteiger partial charge in [0.2, 0.25) is 0 Å². The van der Waals surface area contributed by atoms with Crippen LogP contribution in [0.1, 0.15) is 5.56 Å². The van der Waals surface area contributed by atoms with Gasteiger partial charge in [-0.1, -0.05) is 0 Å². The SMILES string of the molecule is COCCNCc1cc(F)c(Sc2ncn[nH]2)c(F)c1. The van der Waals surface area contributed by atoms with Crippen LogP contribution < -0.4 is 5.32 Å². The zero-order valence-corrected chi connectivity index (χ0v) is 11.6. The van der Waals surface area contributed by atoms with Gasteiger partial charge in [-0.3, -0.25) is 5.10 Å². The molecule has 8 heteroatoms. The third kappa shape index (κ3) is 3.99. The van der Waals surface area contributed by atoms with Crippen LogP contribution in [0.3, 0.4) is 0 Å². The predicted molar refractivity (Wildman–Crippen MR) is 70.4 cm³/mol. The molecule has 0 saturated heterocycles. The van der Waals surface area contributed by atoms with Gasteiger partial charge in [0.15, 0.2) is 5.16 Å². The van der Waals surface area contributed by atoms with Gasteiger partial charge >= 0.3 is 0 Å².